The molecule has 0 bridgehead atoms. The number of carbonyl (C=O) groups excluding carboxylic acids is 2. The maximum absolute atomic E-state index is 14.0. The highest BCUT2D eigenvalue weighted by Gasteiger charge is 2.19. The van der Waals surface area contributed by atoms with Crippen LogP contribution in [0.3, 0.4) is 0 Å². The van der Waals surface area contributed by atoms with Crippen molar-refractivity contribution in [2.45, 2.75) is 20.8 Å². The fraction of sp³-hybridized carbons (Fsp3) is 0.294. The Hall–Kier alpha value is -4.18. The molecular weight excluding hydrogens is 661 g/mol. The van der Waals surface area contributed by atoms with Crippen LogP contribution in [-0.4, -0.2) is 71.9 Å². The fourth-order valence-corrected chi connectivity index (χ4v) is 6.76. The Labute approximate surface area is 285 Å². The van der Waals surface area contributed by atoms with Crippen molar-refractivity contribution in [3.05, 3.63) is 101 Å². The summed E-state index contributed by atoms with van der Waals surface area (Å²) in [5.74, 6) is -0.966. The Bertz CT molecular complexity index is 2040. The fourth-order valence-electron chi connectivity index (χ4n) is 5.38. The summed E-state index contributed by atoms with van der Waals surface area (Å²) in [5.41, 5.74) is 3.59. The highest BCUT2D eigenvalue weighted by Crippen LogP contribution is 2.24. The Morgan fingerprint density at radius 3 is 2.40 bits per heavy atom. The molecule has 13 heteroatoms. The number of hydrogen-bond acceptors (Lipinski definition) is 8. The van der Waals surface area contributed by atoms with E-state index in [1.807, 2.05) is 42.7 Å². The molecule has 0 spiro atoms. The Morgan fingerprint density at radius 2 is 1.74 bits per heavy atom. The SMILES string of the molecule is CCOC(=O)c1ccc(-n2c(C)cc(/C=c3/s/c(=C(\C#N)C(=O)NCCN4CCOCC4)n(-c4ccc(Cl)c(Cl)c4)c3=O)c2C)cc1. The molecule has 10 nitrogen and oxygen atoms in total. The second kappa shape index (κ2) is 15.2. The van der Waals surface area contributed by atoms with Crippen LogP contribution < -0.4 is 20.1 Å². The summed E-state index contributed by atoms with van der Waals surface area (Å²) in [7, 11) is 0. The molecule has 5 rings (SSSR count). The monoisotopic (exact) mass is 693 g/mol. The number of esters is 1. The first-order chi connectivity index (χ1) is 22.6. The Balaban J connectivity index is 1.58. The molecule has 2 aromatic carbocycles. The molecule has 0 unspecified atom stereocenters. The molecule has 1 saturated heterocycles. The molecule has 2 aromatic heterocycles. The molecule has 0 atom stereocenters. The number of aryl methyl sites for hydroxylation is 1. The van der Waals surface area contributed by atoms with Crippen molar-refractivity contribution in [2.24, 2.45) is 0 Å². The van der Waals surface area contributed by atoms with Crippen molar-refractivity contribution in [3.63, 3.8) is 0 Å². The third-order valence-electron chi connectivity index (χ3n) is 7.75. The number of nitrogens with zero attached hydrogens (tertiary/aromatic N) is 4. The number of aromatic nitrogens is 2. The highest BCUT2D eigenvalue weighted by molar-refractivity contribution is 7.07. The lowest BCUT2D eigenvalue weighted by atomic mass is 10.2. The summed E-state index contributed by atoms with van der Waals surface area (Å²) < 4.78 is 14.3. The van der Waals surface area contributed by atoms with Crippen molar-refractivity contribution in [3.8, 4) is 17.4 Å². The molecule has 0 aliphatic carbocycles. The molecule has 1 aliphatic rings. The van der Waals surface area contributed by atoms with Crippen LogP contribution in [0.1, 0.15) is 34.2 Å². The second-order valence-electron chi connectivity index (χ2n) is 10.8. The molecule has 47 heavy (non-hydrogen) atoms. The van der Waals surface area contributed by atoms with Gasteiger partial charge in [-0.15, -0.1) is 11.3 Å². The predicted octanol–water partition coefficient (Wildman–Crippen LogP) is 3.74. The number of morpholine rings is 1. The van der Waals surface area contributed by atoms with Crippen LogP contribution in [0, 0.1) is 25.2 Å². The summed E-state index contributed by atoms with van der Waals surface area (Å²) in [6, 6.07) is 15.8. The minimum absolute atomic E-state index is 0.175. The first-order valence-corrected chi connectivity index (χ1v) is 16.6. The van der Waals surface area contributed by atoms with Crippen molar-refractivity contribution in [1.82, 2.24) is 19.4 Å². The van der Waals surface area contributed by atoms with E-state index in [0.29, 0.717) is 53.7 Å². The lowest BCUT2D eigenvalue weighted by Gasteiger charge is -2.26. The second-order valence-corrected chi connectivity index (χ2v) is 12.6. The number of thiazole rings is 1. The van der Waals surface area contributed by atoms with Crippen molar-refractivity contribution >= 4 is 58.1 Å². The molecule has 3 heterocycles. The van der Waals surface area contributed by atoms with Gasteiger partial charge in [0.05, 0.1) is 45.6 Å². The predicted molar refractivity (Wildman–Crippen MR) is 183 cm³/mol. The number of hydrogen-bond donors (Lipinski definition) is 1. The number of carbonyl (C=O) groups is 2. The van der Waals surface area contributed by atoms with Gasteiger partial charge in [-0.05, 0) is 80.9 Å². The topological polar surface area (TPSA) is 119 Å². The maximum atomic E-state index is 14.0. The summed E-state index contributed by atoms with van der Waals surface area (Å²) in [5, 5.41) is 13.5. The van der Waals surface area contributed by atoms with Gasteiger partial charge < -0.3 is 19.4 Å². The van der Waals surface area contributed by atoms with Gasteiger partial charge in [-0.25, -0.2) is 4.79 Å². The number of halogens is 2. The zero-order valence-electron chi connectivity index (χ0n) is 26.1. The van der Waals surface area contributed by atoms with E-state index in [-0.39, 0.29) is 21.2 Å². The van der Waals surface area contributed by atoms with Crippen molar-refractivity contribution < 1.29 is 19.1 Å². The third kappa shape index (κ3) is 7.53. The van der Waals surface area contributed by atoms with Gasteiger partial charge in [0.2, 0.25) is 0 Å². The van der Waals surface area contributed by atoms with E-state index in [0.717, 1.165) is 47.1 Å². The average Bonchev–Trinajstić information content (AvgIpc) is 3.53. The Kier molecular flexibility index (Phi) is 11.0. The first-order valence-electron chi connectivity index (χ1n) is 15.0. The van der Waals surface area contributed by atoms with E-state index in [9.17, 15) is 19.6 Å². The van der Waals surface area contributed by atoms with Gasteiger partial charge >= 0.3 is 5.97 Å². The van der Waals surface area contributed by atoms with Crippen LogP contribution in [0.2, 0.25) is 10.0 Å². The molecular formula is C34H33Cl2N5O5S. The van der Waals surface area contributed by atoms with E-state index in [2.05, 4.69) is 10.2 Å². The minimum Gasteiger partial charge on any atom is -0.462 e. The smallest absolute Gasteiger partial charge is 0.338 e. The largest absolute Gasteiger partial charge is 0.462 e. The van der Waals surface area contributed by atoms with Crippen LogP contribution >= 0.6 is 34.5 Å². The highest BCUT2D eigenvalue weighted by atomic mass is 35.5. The number of ether oxygens (including phenoxy) is 2. The summed E-state index contributed by atoms with van der Waals surface area (Å²) >= 11 is 13.5. The lowest BCUT2D eigenvalue weighted by Crippen LogP contribution is -2.42. The lowest BCUT2D eigenvalue weighted by molar-refractivity contribution is -0.115. The van der Waals surface area contributed by atoms with Crippen LogP contribution in [0.5, 0.6) is 0 Å². The van der Waals surface area contributed by atoms with E-state index in [4.69, 9.17) is 32.7 Å². The standard InChI is InChI=1S/C34H33Cl2N5O5S/c1-4-46-34(44)23-5-7-25(8-6-23)40-21(2)17-24(22(40)3)18-30-32(43)41(26-9-10-28(35)29(36)19-26)33(47-30)27(20-37)31(42)38-11-12-39-13-15-45-16-14-39/h5-10,17-19H,4,11-16H2,1-3H3,(H,38,42)/b30-18+,33-27+. The number of nitrogens with one attached hydrogen (secondary N) is 1. The minimum atomic E-state index is -0.577. The normalized spacial score (nSPS) is 14.5. The average molecular weight is 695 g/mol. The molecule has 4 aromatic rings. The summed E-state index contributed by atoms with van der Waals surface area (Å²) in [6.07, 6.45) is 1.75. The van der Waals surface area contributed by atoms with E-state index >= 15 is 0 Å². The van der Waals surface area contributed by atoms with E-state index < -0.39 is 11.5 Å². The van der Waals surface area contributed by atoms with Gasteiger partial charge in [0, 0.05) is 43.3 Å². The Morgan fingerprint density at radius 1 is 1.04 bits per heavy atom. The first kappa shape index (κ1) is 34.2. The van der Waals surface area contributed by atoms with Crippen LogP contribution in [-0.2, 0) is 14.3 Å². The van der Waals surface area contributed by atoms with Gasteiger partial charge in [0.1, 0.15) is 10.7 Å². The molecule has 1 amide bonds. The molecule has 244 valence electrons. The zero-order chi connectivity index (χ0) is 33.7. The number of benzene rings is 2. The van der Waals surface area contributed by atoms with Gasteiger partial charge in [0.15, 0.2) is 5.57 Å². The molecule has 1 fully saturated rings. The van der Waals surface area contributed by atoms with E-state index in [1.165, 1.54) is 10.6 Å². The van der Waals surface area contributed by atoms with Gasteiger partial charge in [0.25, 0.3) is 11.5 Å². The molecule has 0 radical (unpaired) electrons. The number of nitriles is 1. The van der Waals surface area contributed by atoms with Gasteiger partial charge in [-0.3, -0.25) is 19.1 Å². The quantitative estimate of drug-likeness (QED) is 0.266. The van der Waals surface area contributed by atoms with Crippen LogP contribution in [0.15, 0.2) is 53.3 Å². The third-order valence-corrected chi connectivity index (χ3v) is 9.58. The molecule has 0 saturated carbocycles. The zero-order valence-corrected chi connectivity index (χ0v) is 28.5. The molecule has 1 aliphatic heterocycles. The van der Waals surface area contributed by atoms with Gasteiger partial charge in [-0.1, -0.05) is 23.2 Å². The summed E-state index contributed by atoms with van der Waals surface area (Å²) in [6.45, 7) is 9.68. The molecule has 1 N–H and O–H groups in total. The number of amides is 1. The maximum Gasteiger partial charge on any atom is 0.338 e. The summed E-state index contributed by atoms with van der Waals surface area (Å²) in [4.78, 5) is 41.7. The number of rotatable bonds is 9. The van der Waals surface area contributed by atoms with Crippen molar-refractivity contribution in [2.75, 3.05) is 46.0 Å². The van der Waals surface area contributed by atoms with E-state index in [1.54, 1.807) is 37.3 Å². The van der Waals surface area contributed by atoms with Crippen molar-refractivity contribution in [1.29, 1.82) is 5.26 Å². The van der Waals surface area contributed by atoms with Crippen LogP contribution in [0.4, 0.5) is 0 Å². The van der Waals surface area contributed by atoms with Gasteiger partial charge in [-0.2, -0.15) is 5.26 Å². The van der Waals surface area contributed by atoms with Crippen LogP contribution in [0.25, 0.3) is 23.0 Å².